The van der Waals surface area contributed by atoms with Crippen LogP contribution in [-0.2, 0) is 0 Å². The predicted octanol–water partition coefficient (Wildman–Crippen LogP) is 3.22. The third kappa shape index (κ3) is 3.97. The zero-order chi connectivity index (χ0) is 14.5. The predicted molar refractivity (Wildman–Crippen MR) is 84.3 cm³/mol. The van der Waals surface area contributed by atoms with Crippen LogP contribution in [0.25, 0.3) is 0 Å². The van der Waals surface area contributed by atoms with Crippen molar-refractivity contribution in [3.63, 3.8) is 0 Å². The Bertz CT molecular complexity index is 411. The molecule has 1 unspecified atom stereocenters. The van der Waals surface area contributed by atoms with Gasteiger partial charge in [-0.2, -0.15) is 0 Å². The topological polar surface area (TPSA) is 24.5 Å². The number of hydrogen-bond acceptors (Lipinski definition) is 3. The summed E-state index contributed by atoms with van der Waals surface area (Å²) in [6.45, 7) is 9.23. The summed E-state index contributed by atoms with van der Waals surface area (Å²) in [4.78, 5) is 2.56. The summed E-state index contributed by atoms with van der Waals surface area (Å²) in [6, 6.07) is 10.0. The average molecular weight is 276 g/mol. The maximum Gasteiger partial charge on any atom is 0.119 e. The third-order valence-electron chi connectivity index (χ3n) is 4.34. The van der Waals surface area contributed by atoms with Gasteiger partial charge in [0.15, 0.2) is 0 Å². The van der Waals surface area contributed by atoms with E-state index >= 15 is 0 Å². The van der Waals surface area contributed by atoms with Gasteiger partial charge in [-0.05, 0) is 64.4 Å². The molecule has 1 aliphatic heterocycles. The smallest absolute Gasteiger partial charge is 0.119 e. The zero-order valence-corrected chi connectivity index (χ0v) is 13.2. The number of methoxy groups -OCH3 is 1. The van der Waals surface area contributed by atoms with Crippen LogP contribution in [-0.4, -0.2) is 37.2 Å². The fraction of sp³-hybridized carbons (Fsp3) is 0.647. The molecule has 2 rings (SSSR count). The molecule has 3 heteroatoms. The van der Waals surface area contributed by atoms with Gasteiger partial charge in [0, 0.05) is 18.1 Å². The molecule has 1 aromatic carbocycles. The highest BCUT2D eigenvalue weighted by Crippen LogP contribution is 2.21. The van der Waals surface area contributed by atoms with Gasteiger partial charge in [0.1, 0.15) is 5.75 Å². The van der Waals surface area contributed by atoms with Gasteiger partial charge in [0.25, 0.3) is 0 Å². The SMILES string of the molecule is COc1cccc(C(C)NC2CCN(C(C)C)CC2)c1. The summed E-state index contributed by atoms with van der Waals surface area (Å²) in [6.07, 6.45) is 2.49. The first kappa shape index (κ1) is 15.3. The van der Waals surface area contributed by atoms with Crippen molar-refractivity contribution >= 4 is 0 Å². The van der Waals surface area contributed by atoms with Gasteiger partial charge in [-0.25, -0.2) is 0 Å². The van der Waals surface area contributed by atoms with Gasteiger partial charge < -0.3 is 15.0 Å². The second-order valence-corrected chi connectivity index (χ2v) is 6.07. The van der Waals surface area contributed by atoms with Crippen LogP contribution in [0, 0.1) is 0 Å². The van der Waals surface area contributed by atoms with Crippen LogP contribution in [0.2, 0.25) is 0 Å². The molecule has 1 saturated heterocycles. The molecule has 1 heterocycles. The summed E-state index contributed by atoms with van der Waals surface area (Å²) in [5, 5.41) is 3.76. The largest absolute Gasteiger partial charge is 0.497 e. The van der Waals surface area contributed by atoms with E-state index in [9.17, 15) is 0 Å². The van der Waals surface area contributed by atoms with E-state index in [4.69, 9.17) is 4.74 Å². The molecular weight excluding hydrogens is 248 g/mol. The summed E-state index contributed by atoms with van der Waals surface area (Å²) < 4.78 is 5.30. The van der Waals surface area contributed by atoms with E-state index in [1.54, 1.807) is 7.11 Å². The van der Waals surface area contributed by atoms with Crippen molar-refractivity contribution in [3.8, 4) is 5.75 Å². The Kier molecular flexibility index (Phi) is 5.44. The van der Waals surface area contributed by atoms with Crippen molar-refractivity contribution in [1.82, 2.24) is 10.2 Å². The van der Waals surface area contributed by atoms with E-state index in [1.165, 1.54) is 31.5 Å². The van der Waals surface area contributed by atoms with E-state index in [2.05, 4.69) is 49.2 Å². The van der Waals surface area contributed by atoms with E-state index < -0.39 is 0 Å². The van der Waals surface area contributed by atoms with Gasteiger partial charge in [0.2, 0.25) is 0 Å². The monoisotopic (exact) mass is 276 g/mol. The lowest BCUT2D eigenvalue weighted by Gasteiger charge is -2.36. The van der Waals surface area contributed by atoms with Crippen molar-refractivity contribution in [3.05, 3.63) is 29.8 Å². The molecule has 112 valence electrons. The molecule has 0 radical (unpaired) electrons. The molecule has 1 aliphatic rings. The summed E-state index contributed by atoms with van der Waals surface area (Å²) in [5.74, 6) is 0.936. The Morgan fingerprint density at radius 2 is 1.90 bits per heavy atom. The Labute approximate surface area is 123 Å². The van der Waals surface area contributed by atoms with Gasteiger partial charge in [0.05, 0.1) is 7.11 Å². The molecular formula is C17H28N2O. The molecule has 0 aliphatic carbocycles. The van der Waals surface area contributed by atoms with Crippen LogP contribution < -0.4 is 10.1 Å². The fourth-order valence-corrected chi connectivity index (χ4v) is 2.94. The van der Waals surface area contributed by atoms with E-state index in [1.807, 2.05) is 6.07 Å². The highest BCUT2D eigenvalue weighted by molar-refractivity contribution is 5.30. The van der Waals surface area contributed by atoms with Crippen molar-refractivity contribution < 1.29 is 4.74 Å². The lowest BCUT2D eigenvalue weighted by atomic mass is 10.0. The highest BCUT2D eigenvalue weighted by atomic mass is 16.5. The number of nitrogens with one attached hydrogen (secondary N) is 1. The van der Waals surface area contributed by atoms with Crippen LogP contribution in [0.4, 0.5) is 0 Å². The number of hydrogen-bond donors (Lipinski definition) is 1. The van der Waals surface area contributed by atoms with E-state index in [-0.39, 0.29) is 0 Å². The molecule has 0 aromatic heterocycles. The lowest BCUT2D eigenvalue weighted by molar-refractivity contribution is 0.157. The first-order valence-corrected chi connectivity index (χ1v) is 7.74. The Morgan fingerprint density at radius 3 is 2.50 bits per heavy atom. The Hall–Kier alpha value is -1.06. The van der Waals surface area contributed by atoms with Gasteiger partial charge in [-0.1, -0.05) is 12.1 Å². The van der Waals surface area contributed by atoms with E-state index in [0.717, 1.165) is 5.75 Å². The van der Waals surface area contributed by atoms with Gasteiger partial charge >= 0.3 is 0 Å². The van der Waals surface area contributed by atoms with Crippen LogP contribution in [0.3, 0.4) is 0 Å². The second kappa shape index (κ2) is 7.09. The number of likely N-dealkylation sites (tertiary alicyclic amines) is 1. The van der Waals surface area contributed by atoms with Gasteiger partial charge in [-0.3, -0.25) is 0 Å². The number of nitrogens with zero attached hydrogens (tertiary/aromatic N) is 1. The summed E-state index contributed by atoms with van der Waals surface area (Å²) in [7, 11) is 1.72. The maximum atomic E-state index is 5.30. The summed E-state index contributed by atoms with van der Waals surface area (Å²) >= 11 is 0. The highest BCUT2D eigenvalue weighted by Gasteiger charge is 2.22. The average Bonchev–Trinajstić information content (AvgIpc) is 2.47. The number of ether oxygens (including phenoxy) is 1. The quantitative estimate of drug-likeness (QED) is 0.893. The Morgan fingerprint density at radius 1 is 1.20 bits per heavy atom. The molecule has 0 amide bonds. The van der Waals surface area contributed by atoms with Crippen molar-refractivity contribution in [2.75, 3.05) is 20.2 Å². The van der Waals surface area contributed by atoms with Crippen molar-refractivity contribution in [2.45, 2.75) is 51.7 Å². The molecule has 0 bridgehead atoms. The number of piperidine rings is 1. The minimum atomic E-state index is 0.376. The third-order valence-corrected chi connectivity index (χ3v) is 4.34. The second-order valence-electron chi connectivity index (χ2n) is 6.07. The molecule has 20 heavy (non-hydrogen) atoms. The van der Waals surface area contributed by atoms with Crippen molar-refractivity contribution in [2.24, 2.45) is 0 Å². The van der Waals surface area contributed by atoms with Crippen molar-refractivity contribution in [1.29, 1.82) is 0 Å². The molecule has 1 fully saturated rings. The number of benzene rings is 1. The van der Waals surface area contributed by atoms with Crippen LogP contribution in [0.15, 0.2) is 24.3 Å². The molecule has 1 N–H and O–H groups in total. The van der Waals surface area contributed by atoms with Crippen LogP contribution >= 0.6 is 0 Å². The minimum absolute atomic E-state index is 0.376. The molecule has 1 atom stereocenters. The number of rotatable bonds is 5. The standard InChI is InChI=1S/C17H28N2O/c1-13(2)19-10-8-16(9-11-19)18-14(3)15-6-5-7-17(12-15)20-4/h5-7,12-14,16,18H,8-11H2,1-4H3. The maximum absolute atomic E-state index is 5.30. The zero-order valence-electron chi connectivity index (χ0n) is 13.2. The summed E-state index contributed by atoms with van der Waals surface area (Å²) in [5.41, 5.74) is 1.30. The minimum Gasteiger partial charge on any atom is -0.497 e. The fourth-order valence-electron chi connectivity index (χ4n) is 2.94. The van der Waals surface area contributed by atoms with Crippen LogP contribution in [0.5, 0.6) is 5.75 Å². The normalized spacial score (nSPS) is 19.2. The van der Waals surface area contributed by atoms with Crippen LogP contribution in [0.1, 0.15) is 45.2 Å². The van der Waals surface area contributed by atoms with Gasteiger partial charge in [-0.15, -0.1) is 0 Å². The molecule has 0 spiro atoms. The van der Waals surface area contributed by atoms with E-state index in [0.29, 0.717) is 18.1 Å². The molecule has 3 nitrogen and oxygen atoms in total. The lowest BCUT2D eigenvalue weighted by Crippen LogP contribution is -2.45. The first-order valence-electron chi connectivity index (χ1n) is 7.74. The Balaban J connectivity index is 1.87. The molecule has 0 saturated carbocycles. The molecule has 1 aromatic rings. The first-order chi connectivity index (χ1) is 9.60.